The fourth-order valence-corrected chi connectivity index (χ4v) is 2.26. The smallest absolute Gasteiger partial charge is 0.324 e. The third-order valence-electron chi connectivity index (χ3n) is 3.42. The number of hydrogen-bond acceptors (Lipinski definition) is 5. The molecule has 1 aromatic heterocycles. The Morgan fingerprint density at radius 2 is 1.77 bits per heavy atom. The largest absolute Gasteiger partial charge is 0.367 e. The number of aryl methyl sites for hydroxylation is 2. The Balaban J connectivity index is 1.85. The maximum Gasteiger partial charge on any atom is 0.367 e. The summed E-state index contributed by atoms with van der Waals surface area (Å²) in [6.07, 6.45) is 1.52. The Bertz CT molecular complexity index is 759. The summed E-state index contributed by atoms with van der Waals surface area (Å²) in [6, 6.07) is 6.32. The maximum atomic E-state index is 12.2. The van der Waals surface area contributed by atoms with Crippen LogP contribution >= 0.6 is 0 Å². The van der Waals surface area contributed by atoms with Gasteiger partial charge in [0.2, 0.25) is 0 Å². The molecule has 1 aromatic carbocycles. The molecule has 22 heavy (non-hydrogen) atoms. The van der Waals surface area contributed by atoms with E-state index < -0.39 is 17.8 Å². The number of benzene rings is 1. The fraction of sp³-hybridized carbons (Fsp3) is 0.200. The molecule has 0 unspecified atom stereocenters. The first-order valence-corrected chi connectivity index (χ1v) is 6.77. The fourth-order valence-electron chi connectivity index (χ4n) is 2.26. The summed E-state index contributed by atoms with van der Waals surface area (Å²) < 4.78 is 1.58. The van der Waals surface area contributed by atoms with Crippen molar-refractivity contribution in [3.63, 3.8) is 0 Å². The molecular formula is C15H13N3O4. The molecule has 0 spiro atoms. The highest BCUT2D eigenvalue weighted by Crippen LogP contribution is 2.23. The lowest BCUT2D eigenvalue weighted by atomic mass is 10.1. The molecule has 0 saturated carbocycles. The van der Waals surface area contributed by atoms with Gasteiger partial charge in [-0.3, -0.25) is 14.3 Å². The van der Waals surface area contributed by atoms with E-state index in [1.54, 1.807) is 23.7 Å². The Morgan fingerprint density at radius 3 is 2.27 bits per heavy atom. The van der Waals surface area contributed by atoms with Gasteiger partial charge >= 0.3 is 5.97 Å². The summed E-state index contributed by atoms with van der Waals surface area (Å²) in [5, 5.41) is 4.63. The first kappa shape index (κ1) is 14.0. The molecule has 1 aliphatic heterocycles. The van der Waals surface area contributed by atoms with Crippen LogP contribution < -0.4 is 0 Å². The first-order chi connectivity index (χ1) is 10.5. The van der Waals surface area contributed by atoms with Crippen LogP contribution in [0.3, 0.4) is 0 Å². The van der Waals surface area contributed by atoms with Gasteiger partial charge in [0, 0.05) is 12.7 Å². The average molecular weight is 299 g/mol. The van der Waals surface area contributed by atoms with Crippen molar-refractivity contribution >= 4 is 17.8 Å². The average Bonchev–Trinajstić information content (AvgIpc) is 3.01. The van der Waals surface area contributed by atoms with Crippen molar-refractivity contribution in [2.24, 2.45) is 0 Å². The van der Waals surface area contributed by atoms with Crippen molar-refractivity contribution in [3.05, 3.63) is 52.8 Å². The van der Waals surface area contributed by atoms with Crippen LogP contribution in [-0.2, 0) is 11.4 Å². The van der Waals surface area contributed by atoms with Gasteiger partial charge in [0.05, 0.1) is 16.8 Å². The Kier molecular flexibility index (Phi) is 3.25. The van der Waals surface area contributed by atoms with Crippen LogP contribution in [0.25, 0.3) is 0 Å². The van der Waals surface area contributed by atoms with E-state index in [1.165, 1.54) is 18.3 Å². The van der Waals surface area contributed by atoms with Crippen molar-refractivity contribution in [2.75, 3.05) is 0 Å². The molecule has 0 radical (unpaired) electrons. The molecule has 0 atom stereocenters. The first-order valence-electron chi connectivity index (χ1n) is 6.77. The Labute approximate surface area is 126 Å². The second kappa shape index (κ2) is 5.10. The van der Waals surface area contributed by atoms with E-state index in [4.69, 9.17) is 4.84 Å². The molecule has 3 rings (SSSR count). The van der Waals surface area contributed by atoms with Crippen molar-refractivity contribution in [2.45, 2.75) is 20.4 Å². The number of aromatic nitrogens is 2. The van der Waals surface area contributed by atoms with Gasteiger partial charge in [0.25, 0.3) is 11.8 Å². The maximum absolute atomic E-state index is 12.2. The van der Waals surface area contributed by atoms with Gasteiger partial charge in [-0.1, -0.05) is 17.2 Å². The summed E-state index contributed by atoms with van der Waals surface area (Å²) in [7, 11) is 0. The monoisotopic (exact) mass is 299 g/mol. The van der Waals surface area contributed by atoms with Gasteiger partial charge in [-0.25, -0.2) is 4.79 Å². The van der Waals surface area contributed by atoms with Gasteiger partial charge in [0.1, 0.15) is 5.56 Å². The summed E-state index contributed by atoms with van der Waals surface area (Å²) in [5.41, 5.74) is 1.14. The lowest BCUT2D eigenvalue weighted by Gasteiger charge is -2.12. The quantitative estimate of drug-likeness (QED) is 0.804. The normalized spacial score (nSPS) is 13.5. The predicted octanol–water partition coefficient (Wildman–Crippen LogP) is 1.58. The topological polar surface area (TPSA) is 81.5 Å². The van der Waals surface area contributed by atoms with Crippen LogP contribution in [0.2, 0.25) is 0 Å². The molecule has 7 heteroatoms. The van der Waals surface area contributed by atoms with Crippen LogP contribution in [0.4, 0.5) is 0 Å². The zero-order valence-electron chi connectivity index (χ0n) is 12.1. The minimum Gasteiger partial charge on any atom is -0.324 e. The second-order valence-corrected chi connectivity index (χ2v) is 4.81. The molecule has 112 valence electrons. The van der Waals surface area contributed by atoms with E-state index in [-0.39, 0.29) is 16.7 Å². The minimum absolute atomic E-state index is 0.221. The SMILES string of the molecule is CCn1cc(C(=O)ON2C(=O)c3ccccc3C2=O)c(C)n1. The third kappa shape index (κ3) is 2.07. The van der Waals surface area contributed by atoms with Gasteiger partial charge < -0.3 is 4.84 Å². The summed E-state index contributed by atoms with van der Waals surface area (Å²) in [5.74, 6) is -2.07. The standard InChI is InChI=1S/C15H13N3O4/c1-3-17-8-12(9(2)16-17)15(21)22-18-13(19)10-6-4-5-7-11(10)14(18)20/h4-8H,3H2,1-2H3. The third-order valence-corrected chi connectivity index (χ3v) is 3.42. The number of hydrogen-bond donors (Lipinski definition) is 0. The Morgan fingerprint density at radius 1 is 1.18 bits per heavy atom. The van der Waals surface area contributed by atoms with Gasteiger partial charge in [-0.2, -0.15) is 5.10 Å². The van der Waals surface area contributed by atoms with E-state index in [1.807, 2.05) is 6.92 Å². The number of carbonyl (C=O) groups excluding carboxylic acids is 3. The van der Waals surface area contributed by atoms with Crippen LogP contribution in [-0.4, -0.2) is 32.6 Å². The molecule has 2 heterocycles. The number of nitrogens with zero attached hydrogens (tertiary/aromatic N) is 3. The van der Waals surface area contributed by atoms with Gasteiger partial charge in [-0.15, -0.1) is 0 Å². The van der Waals surface area contributed by atoms with Crippen molar-refractivity contribution in [3.8, 4) is 0 Å². The van der Waals surface area contributed by atoms with Crippen LogP contribution in [0.1, 0.15) is 43.7 Å². The van der Waals surface area contributed by atoms with Crippen molar-refractivity contribution < 1.29 is 19.2 Å². The lowest BCUT2D eigenvalue weighted by Crippen LogP contribution is -2.32. The van der Waals surface area contributed by atoms with Crippen LogP contribution in [0.5, 0.6) is 0 Å². The van der Waals surface area contributed by atoms with E-state index in [9.17, 15) is 14.4 Å². The molecule has 1 aliphatic rings. The zero-order valence-corrected chi connectivity index (χ0v) is 12.1. The molecule has 0 N–H and O–H groups in total. The highest BCUT2D eigenvalue weighted by Gasteiger charge is 2.39. The summed E-state index contributed by atoms with van der Waals surface area (Å²) >= 11 is 0. The number of fused-ring (bicyclic) bond motifs is 1. The molecule has 2 aromatic rings. The number of hydroxylamine groups is 2. The van der Waals surface area contributed by atoms with E-state index in [0.717, 1.165) is 0 Å². The van der Waals surface area contributed by atoms with E-state index in [0.29, 0.717) is 17.3 Å². The summed E-state index contributed by atoms with van der Waals surface area (Å²) in [6.45, 7) is 4.14. The van der Waals surface area contributed by atoms with E-state index >= 15 is 0 Å². The van der Waals surface area contributed by atoms with Gasteiger partial charge in [-0.05, 0) is 26.0 Å². The number of amides is 2. The molecule has 0 fully saturated rings. The lowest BCUT2D eigenvalue weighted by molar-refractivity contribution is -0.0585. The predicted molar refractivity (Wildman–Crippen MR) is 75.0 cm³/mol. The minimum atomic E-state index is -0.785. The van der Waals surface area contributed by atoms with Crippen LogP contribution in [0, 0.1) is 6.92 Å². The molecule has 7 nitrogen and oxygen atoms in total. The van der Waals surface area contributed by atoms with Crippen molar-refractivity contribution in [1.82, 2.24) is 14.8 Å². The number of imide groups is 1. The highest BCUT2D eigenvalue weighted by molar-refractivity contribution is 6.21. The summed E-state index contributed by atoms with van der Waals surface area (Å²) in [4.78, 5) is 41.4. The number of carbonyl (C=O) groups is 3. The molecular weight excluding hydrogens is 286 g/mol. The van der Waals surface area contributed by atoms with Crippen LogP contribution in [0.15, 0.2) is 30.5 Å². The van der Waals surface area contributed by atoms with Crippen molar-refractivity contribution in [1.29, 1.82) is 0 Å². The number of rotatable bonds is 3. The zero-order chi connectivity index (χ0) is 15.9. The molecule has 0 aliphatic carbocycles. The molecule has 0 bridgehead atoms. The molecule has 2 amide bonds. The second-order valence-electron chi connectivity index (χ2n) is 4.81. The van der Waals surface area contributed by atoms with Gasteiger partial charge in [0.15, 0.2) is 0 Å². The Hall–Kier alpha value is -2.96. The molecule has 0 saturated heterocycles. The van der Waals surface area contributed by atoms with E-state index in [2.05, 4.69) is 5.10 Å². The highest BCUT2D eigenvalue weighted by atomic mass is 16.7.